The van der Waals surface area contributed by atoms with Crippen LogP contribution in [0.15, 0.2) is 6.07 Å². The first kappa shape index (κ1) is 16.4. The number of piperidine rings is 1. The van der Waals surface area contributed by atoms with Crippen LogP contribution in [-0.4, -0.2) is 27.3 Å². The van der Waals surface area contributed by atoms with Crippen LogP contribution in [0.3, 0.4) is 0 Å². The van der Waals surface area contributed by atoms with Gasteiger partial charge >= 0.3 is 0 Å². The van der Waals surface area contributed by atoms with Crippen LogP contribution in [0.5, 0.6) is 11.5 Å². The number of rotatable bonds is 5. The molecule has 118 valence electrons. The average Bonchev–Trinajstić information content (AvgIpc) is 2.47. The topological polar surface area (TPSA) is 30.5 Å². The number of hydrogen-bond donors (Lipinski definition) is 1. The minimum Gasteiger partial charge on any atom is -0.493 e. The Bertz CT molecular complexity index is 482. The van der Waals surface area contributed by atoms with E-state index >= 15 is 0 Å². The first-order valence-electron chi connectivity index (χ1n) is 7.72. The van der Waals surface area contributed by atoms with Gasteiger partial charge in [-0.05, 0) is 61.4 Å². The predicted molar refractivity (Wildman–Crippen MR) is 87.9 cm³/mol. The van der Waals surface area contributed by atoms with E-state index in [0.29, 0.717) is 22.6 Å². The molecule has 0 spiro atoms. The van der Waals surface area contributed by atoms with Gasteiger partial charge < -0.3 is 14.8 Å². The zero-order chi connectivity index (χ0) is 15.4. The average molecular weight is 312 g/mol. The summed E-state index contributed by atoms with van der Waals surface area (Å²) in [7, 11) is 3.30. The fraction of sp³-hybridized carbons (Fsp3) is 0.647. The third-order valence-corrected chi connectivity index (χ3v) is 4.60. The van der Waals surface area contributed by atoms with Gasteiger partial charge in [0.2, 0.25) is 0 Å². The van der Waals surface area contributed by atoms with E-state index in [2.05, 4.69) is 25.2 Å². The number of hydrogen-bond acceptors (Lipinski definition) is 3. The molecule has 1 heterocycles. The van der Waals surface area contributed by atoms with E-state index in [1.54, 1.807) is 14.2 Å². The molecule has 0 amide bonds. The molecule has 1 saturated heterocycles. The third kappa shape index (κ3) is 3.64. The highest BCUT2D eigenvalue weighted by Gasteiger charge is 2.23. The highest BCUT2D eigenvalue weighted by atomic mass is 35.5. The summed E-state index contributed by atoms with van der Waals surface area (Å²) in [5, 5.41) is 4.18. The molecule has 1 unspecified atom stereocenters. The van der Waals surface area contributed by atoms with Crippen LogP contribution in [0.2, 0.25) is 5.02 Å². The monoisotopic (exact) mass is 311 g/mol. The van der Waals surface area contributed by atoms with E-state index in [1.807, 2.05) is 0 Å². The van der Waals surface area contributed by atoms with Gasteiger partial charge in [-0.15, -0.1) is 0 Å². The van der Waals surface area contributed by atoms with Crippen molar-refractivity contribution in [3.8, 4) is 11.5 Å². The van der Waals surface area contributed by atoms with Crippen molar-refractivity contribution in [3.05, 3.63) is 22.2 Å². The first-order valence-corrected chi connectivity index (χ1v) is 8.10. The fourth-order valence-corrected chi connectivity index (χ4v) is 3.73. The Hall–Kier alpha value is -0.930. The zero-order valence-electron chi connectivity index (χ0n) is 13.5. The minimum atomic E-state index is 0.365. The van der Waals surface area contributed by atoms with Gasteiger partial charge in [-0.1, -0.05) is 25.4 Å². The number of halogens is 1. The lowest BCUT2D eigenvalue weighted by atomic mass is 9.87. The van der Waals surface area contributed by atoms with Crippen molar-refractivity contribution in [2.45, 2.75) is 39.0 Å². The summed E-state index contributed by atoms with van der Waals surface area (Å²) in [4.78, 5) is 0. The van der Waals surface area contributed by atoms with Crippen molar-refractivity contribution in [2.75, 3.05) is 27.3 Å². The lowest BCUT2D eigenvalue weighted by Crippen LogP contribution is -2.31. The number of benzene rings is 1. The Morgan fingerprint density at radius 3 is 2.62 bits per heavy atom. The predicted octanol–water partition coefficient (Wildman–Crippen LogP) is 4.02. The number of nitrogens with one attached hydrogen (secondary N) is 1. The van der Waals surface area contributed by atoms with Gasteiger partial charge in [-0.2, -0.15) is 0 Å². The lowest BCUT2D eigenvalue weighted by molar-refractivity contribution is 0.351. The molecule has 1 atom stereocenters. The van der Waals surface area contributed by atoms with Crippen LogP contribution in [0.4, 0.5) is 0 Å². The maximum absolute atomic E-state index is 6.59. The molecule has 0 bridgehead atoms. The smallest absolute Gasteiger partial charge is 0.179 e. The molecular formula is C17H26ClNO2. The Kier molecular flexibility index (Phi) is 5.77. The molecule has 1 aliphatic rings. The molecule has 1 fully saturated rings. The molecule has 21 heavy (non-hydrogen) atoms. The van der Waals surface area contributed by atoms with Gasteiger partial charge in [0.25, 0.3) is 0 Å². The Balaban J connectivity index is 2.39. The molecular weight excluding hydrogens is 286 g/mol. The molecule has 0 radical (unpaired) electrons. The molecule has 2 rings (SSSR count). The van der Waals surface area contributed by atoms with E-state index in [1.165, 1.54) is 24.0 Å². The molecule has 0 aliphatic carbocycles. The van der Waals surface area contributed by atoms with Crippen molar-refractivity contribution < 1.29 is 9.47 Å². The van der Waals surface area contributed by atoms with Crippen molar-refractivity contribution in [1.82, 2.24) is 5.32 Å². The van der Waals surface area contributed by atoms with Crippen LogP contribution in [0, 0.1) is 5.92 Å². The summed E-state index contributed by atoms with van der Waals surface area (Å²) in [6.07, 6.45) is 3.57. The summed E-state index contributed by atoms with van der Waals surface area (Å²) in [5.74, 6) is 2.41. The van der Waals surface area contributed by atoms with Gasteiger partial charge in [-0.3, -0.25) is 0 Å². The summed E-state index contributed by atoms with van der Waals surface area (Å²) in [5.41, 5.74) is 2.49. The van der Waals surface area contributed by atoms with Crippen LogP contribution in [-0.2, 0) is 6.42 Å². The van der Waals surface area contributed by atoms with Crippen molar-refractivity contribution in [2.24, 2.45) is 5.92 Å². The largest absolute Gasteiger partial charge is 0.493 e. The van der Waals surface area contributed by atoms with Gasteiger partial charge in [0.05, 0.1) is 19.2 Å². The third-order valence-electron chi connectivity index (χ3n) is 4.22. The van der Waals surface area contributed by atoms with Crippen LogP contribution >= 0.6 is 11.6 Å². The number of ether oxygens (including phenoxy) is 2. The lowest BCUT2D eigenvalue weighted by Gasteiger charge is -2.26. The maximum Gasteiger partial charge on any atom is 0.179 e. The maximum atomic E-state index is 6.59. The van der Waals surface area contributed by atoms with Crippen LogP contribution in [0.1, 0.15) is 43.7 Å². The Morgan fingerprint density at radius 1 is 1.33 bits per heavy atom. The second-order valence-electron chi connectivity index (χ2n) is 6.07. The van der Waals surface area contributed by atoms with Crippen molar-refractivity contribution >= 4 is 11.6 Å². The van der Waals surface area contributed by atoms with E-state index in [9.17, 15) is 0 Å². The van der Waals surface area contributed by atoms with Crippen molar-refractivity contribution in [1.29, 1.82) is 0 Å². The van der Waals surface area contributed by atoms with Gasteiger partial charge in [0.15, 0.2) is 11.5 Å². The summed E-state index contributed by atoms with van der Waals surface area (Å²) in [6.45, 7) is 6.58. The summed E-state index contributed by atoms with van der Waals surface area (Å²) < 4.78 is 10.9. The van der Waals surface area contributed by atoms with Gasteiger partial charge in [-0.25, -0.2) is 0 Å². The Labute approximate surface area is 133 Å². The molecule has 0 saturated carbocycles. The molecule has 3 nitrogen and oxygen atoms in total. The highest BCUT2D eigenvalue weighted by Crippen LogP contribution is 2.43. The molecule has 4 heteroatoms. The summed E-state index contributed by atoms with van der Waals surface area (Å²) in [6, 6.07) is 2.11. The standard InChI is InChI=1S/C17H26ClNO2/c1-11(2)15-13(8-12-6-5-7-19-10-12)9-14(20-3)17(21-4)16(15)18/h9,11-12,19H,5-8,10H2,1-4H3. The van der Waals surface area contributed by atoms with Crippen LogP contribution in [0.25, 0.3) is 0 Å². The molecule has 1 aromatic rings. The molecule has 1 aromatic carbocycles. The van der Waals surface area contributed by atoms with Crippen molar-refractivity contribution in [3.63, 3.8) is 0 Å². The zero-order valence-corrected chi connectivity index (χ0v) is 14.2. The first-order chi connectivity index (χ1) is 10.1. The second-order valence-corrected chi connectivity index (χ2v) is 6.45. The van der Waals surface area contributed by atoms with E-state index < -0.39 is 0 Å². The van der Waals surface area contributed by atoms with E-state index in [-0.39, 0.29) is 0 Å². The summed E-state index contributed by atoms with van der Waals surface area (Å²) >= 11 is 6.59. The second kappa shape index (κ2) is 7.37. The molecule has 1 N–H and O–H groups in total. The molecule has 0 aromatic heterocycles. The quantitative estimate of drug-likeness (QED) is 0.891. The number of methoxy groups -OCH3 is 2. The Morgan fingerprint density at radius 2 is 2.10 bits per heavy atom. The molecule has 1 aliphatic heterocycles. The van der Waals surface area contributed by atoms with Crippen LogP contribution < -0.4 is 14.8 Å². The van der Waals surface area contributed by atoms with Gasteiger partial charge in [0.1, 0.15) is 0 Å². The minimum absolute atomic E-state index is 0.365. The fourth-order valence-electron chi connectivity index (χ4n) is 3.22. The van der Waals surface area contributed by atoms with Gasteiger partial charge in [0, 0.05) is 0 Å². The van der Waals surface area contributed by atoms with E-state index in [0.717, 1.165) is 25.3 Å². The SMILES string of the molecule is COc1cc(CC2CCCNC2)c(C(C)C)c(Cl)c1OC. The van der Waals surface area contributed by atoms with E-state index in [4.69, 9.17) is 21.1 Å². The highest BCUT2D eigenvalue weighted by molar-refractivity contribution is 6.33. The normalized spacial score (nSPS) is 18.9.